The highest BCUT2D eigenvalue weighted by Crippen LogP contribution is 2.31. The Balaban J connectivity index is 2.12. The largest absolute Gasteiger partial charge is 0.493 e. The van der Waals surface area contributed by atoms with Crippen LogP contribution in [-0.2, 0) is 0 Å². The van der Waals surface area contributed by atoms with Gasteiger partial charge in [-0.05, 0) is 51.0 Å². The normalized spacial score (nSPS) is 13.4. The van der Waals surface area contributed by atoms with Crippen LogP contribution in [0.5, 0.6) is 11.5 Å². The van der Waals surface area contributed by atoms with E-state index in [4.69, 9.17) is 14.6 Å². The molecule has 2 atom stereocenters. The zero-order chi connectivity index (χ0) is 18.4. The summed E-state index contributed by atoms with van der Waals surface area (Å²) in [5.41, 5.74) is 4.98. The van der Waals surface area contributed by atoms with Crippen LogP contribution in [0, 0.1) is 13.8 Å². The summed E-state index contributed by atoms with van der Waals surface area (Å²) >= 11 is 0. The van der Waals surface area contributed by atoms with Crippen molar-refractivity contribution in [3.8, 4) is 11.5 Å². The second kappa shape index (κ2) is 8.88. The molecule has 0 radical (unpaired) electrons. The van der Waals surface area contributed by atoms with Gasteiger partial charge in [-0.25, -0.2) is 0 Å². The van der Waals surface area contributed by atoms with Crippen LogP contribution in [0.4, 0.5) is 0 Å². The minimum Gasteiger partial charge on any atom is -0.493 e. The molecule has 2 aromatic rings. The lowest BCUT2D eigenvalue weighted by molar-refractivity contribution is 0.196. The molecule has 4 heteroatoms. The minimum atomic E-state index is -0.0176. The molecule has 2 N–H and O–H groups in total. The molecule has 0 aromatic heterocycles. The predicted molar refractivity (Wildman–Crippen MR) is 101 cm³/mol. The molecule has 0 saturated heterocycles. The third-order valence-electron chi connectivity index (χ3n) is 4.28. The molecule has 2 aromatic carbocycles. The number of aliphatic hydroxyl groups excluding tert-OH is 1. The van der Waals surface area contributed by atoms with Gasteiger partial charge in [-0.15, -0.1) is 0 Å². The Labute approximate surface area is 150 Å². The SMILES string of the molecule is COc1cc(C(C)NC(C)c2cc(C)cc(C)c2)ccc1OCCO. The van der Waals surface area contributed by atoms with E-state index < -0.39 is 0 Å². The first-order valence-corrected chi connectivity index (χ1v) is 8.70. The first kappa shape index (κ1) is 19.3. The summed E-state index contributed by atoms with van der Waals surface area (Å²) in [6.45, 7) is 8.82. The van der Waals surface area contributed by atoms with Crippen molar-refractivity contribution in [1.82, 2.24) is 5.32 Å². The molecule has 2 rings (SSSR count). The van der Waals surface area contributed by atoms with Crippen LogP contribution in [0.3, 0.4) is 0 Å². The standard InChI is InChI=1S/C21H29NO3/c1-14-10-15(2)12-19(11-14)17(4)22-16(3)18-6-7-20(25-9-8-23)21(13-18)24-5/h6-7,10-13,16-17,22-23H,8-9H2,1-5H3. The lowest BCUT2D eigenvalue weighted by Crippen LogP contribution is -2.22. The molecule has 2 unspecified atom stereocenters. The fourth-order valence-corrected chi connectivity index (χ4v) is 3.06. The maximum absolute atomic E-state index is 8.90. The summed E-state index contributed by atoms with van der Waals surface area (Å²) < 4.78 is 10.9. The number of rotatable bonds is 8. The number of ether oxygens (including phenoxy) is 2. The number of aliphatic hydroxyl groups is 1. The third kappa shape index (κ3) is 5.21. The zero-order valence-electron chi connectivity index (χ0n) is 15.8. The van der Waals surface area contributed by atoms with Crippen molar-refractivity contribution < 1.29 is 14.6 Å². The molecule has 4 nitrogen and oxygen atoms in total. The van der Waals surface area contributed by atoms with E-state index in [0.29, 0.717) is 11.5 Å². The van der Waals surface area contributed by atoms with Gasteiger partial charge in [0.05, 0.1) is 13.7 Å². The van der Waals surface area contributed by atoms with Crippen LogP contribution in [0.15, 0.2) is 36.4 Å². The monoisotopic (exact) mass is 343 g/mol. The van der Waals surface area contributed by atoms with E-state index in [2.05, 4.69) is 51.2 Å². The average Bonchev–Trinajstić information content (AvgIpc) is 2.58. The molecule has 0 bridgehead atoms. The topological polar surface area (TPSA) is 50.7 Å². The molecule has 0 fully saturated rings. The molecule has 0 saturated carbocycles. The van der Waals surface area contributed by atoms with Crippen LogP contribution in [-0.4, -0.2) is 25.4 Å². The number of methoxy groups -OCH3 is 1. The van der Waals surface area contributed by atoms with E-state index in [-0.39, 0.29) is 25.3 Å². The Hall–Kier alpha value is -2.04. The van der Waals surface area contributed by atoms with Crippen LogP contribution in [0.2, 0.25) is 0 Å². The molecule has 0 amide bonds. The molecule has 136 valence electrons. The quantitative estimate of drug-likeness (QED) is 0.758. The fraction of sp³-hybridized carbons (Fsp3) is 0.429. The summed E-state index contributed by atoms with van der Waals surface area (Å²) in [5.74, 6) is 1.33. The van der Waals surface area contributed by atoms with Crippen molar-refractivity contribution in [2.75, 3.05) is 20.3 Å². The van der Waals surface area contributed by atoms with Gasteiger partial charge in [0.15, 0.2) is 11.5 Å². The molecule has 0 aliphatic rings. The lowest BCUT2D eigenvalue weighted by Gasteiger charge is -2.22. The van der Waals surface area contributed by atoms with Crippen molar-refractivity contribution in [2.24, 2.45) is 0 Å². The number of benzene rings is 2. The summed E-state index contributed by atoms with van der Waals surface area (Å²) in [6.07, 6.45) is 0. The van der Waals surface area contributed by atoms with E-state index in [0.717, 1.165) is 5.56 Å². The lowest BCUT2D eigenvalue weighted by atomic mass is 10.0. The number of aryl methyl sites for hydroxylation is 2. The highest BCUT2D eigenvalue weighted by atomic mass is 16.5. The summed E-state index contributed by atoms with van der Waals surface area (Å²) in [6, 6.07) is 13.0. The highest BCUT2D eigenvalue weighted by molar-refractivity contribution is 5.44. The molecule has 0 aliphatic carbocycles. The summed E-state index contributed by atoms with van der Waals surface area (Å²) in [4.78, 5) is 0. The van der Waals surface area contributed by atoms with Crippen LogP contribution >= 0.6 is 0 Å². The maximum Gasteiger partial charge on any atom is 0.161 e. The van der Waals surface area contributed by atoms with Crippen molar-refractivity contribution in [3.63, 3.8) is 0 Å². The van der Waals surface area contributed by atoms with Gasteiger partial charge in [-0.1, -0.05) is 35.4 Å². The van der Waals surface area contributed by atoms with Gasteiger partial charge in [-0.3, -0.25) is 0 Å². The Morgan fingerprint density at radius 1 is 0.920 bits per heavy atom. The van der Waals surface area contributed by atoms with Crippen LogP contribution in [0.25, 0.3) is 0 Å². The van der Waals surface area contributed by atoms with Gasteiger partial charge in [0, 0.05) is 12.1 Å². The Morgan fingerprint density at radius 2 is 1.56 bits per heavy atom. The summed E-state index contributed by atoms with van der Waals surface area (Å²) in [7, 11) is 1.63. The fourth-order valence-electron chi connectivity index (χ4n) is 3.06. The third-order valence-corrected chi connectivity index (χ3v) is 4.28. The number of hydrogen-bond donors (Lipinski definition) is 2. The second-order valence-corrected chi connectivity index (χ2v) is 6.51. The maximum atomic E-state index is 8.90. The number of hydrogen-bond acceptors (Lipinski definition) is 4. The molecular formula is C21H29NO3. The average molecular weight is 343 g/mol. The van der Waals surface area contributed by atoms with Crippen LogP contribution < -0.4 is 14.8 Å². The zero-order valence-corrected chi connectivity index (χ0v) is 15.8. The first-order valence-electron chi connectivity index (χ1n) is 8.70. The van der Waals surface area contributed by atoms with Gasteiger partial charge in [-0.2, -0.15) is 0 Å². The second-order valence-electron chi connectivity index (χ2n) is 6.51. The van der Waals surface area contributed by atoms with E-state index in [1.165, 1.54) is 16.7 Å². The Morgan fingerprint density at radius 3 is 2.16 bits per heavy atom. The molecule has 0 spiro atoms. The molecule has 25 heavy (non-hydrogen) atoms. The van der Waals surface area contributed by atoms with Crippen molar-refractivity contribution in [3.05, 3.63) is 58.7 Å². The van der Waals surface area contributed by atoms with Gasteiger partial charge in [0.25, 0.3) is 0 Å². The molecular weight excluding hydrogens is 314 g/mol. The number of nitrogens with one attached hydrogen (secondary N) is 1. The molecule has 0 aliphatic heterocycles. The van der Waals surface area contributed by atoms with Gasteiger partial charge < -0.3 is 19.9 Å². The van der Waals surface area contributed by atoms with Crippen LogP contribution in [0.1, 0.15) is 48.2 Å². The van der Waals surface area contributed by atoms with E-state index in [1.54, 1.807) is 7.11 Å². The predicted octanol–water partition coefficient (Wildman–Crippen LogP) is 4.09. The van der Waals surface area contributed by atoms with E-state index in [9.17, 15) is 0 Å². The first-order chi connectivity index (χ1) is 11.9. The van der Waals surface area contributed by atoms with Crippen molar-refractivity contribution >= 4 is 0 Å². The summed E-state index contributed by atoms with van der Waals surface area (Å²) in [5, 5.41) is 12.5. The Kier molecular flexibility index (Phi) is 6.85. The van der Waals surface area contributed by atoms with Gasteiger partial charge >= 0.3 is 0 Å². The van der Waals surface area contributed by atoms with Crippen molar-refractivity contribution in [2.45, 2.75) is 39.8 Å². The minimum absolute atomic E-state index is 0.0176. The van der Waals surface area contributed by atoms with E-state index >= 15 is 0 Å². The van der Waals surface area contributed by atoms with Gasteiger partial charge in [0.2, 0.25) is 0 Å². The highest BCUT2D eigenvalue weighted by Gasteiger charge is 2.14. The molecule has 0 heterocycles. The smallest absolute Gasteiger partial charge is 0.161 e. The van der Waals surface area contributed by atoms with E-state index in [1.807, 2.05) is 18.2 Å². The van der Waals surface area contributed by atoms with Gasteiger partial charge in [0.1, 0.15) is 6.61 Å². The Bertz CT molecular complexity index is 679. The van der Waals surface area contributed by atoms with Crippen molar-refractivity contribution in [1.29, 1.82) is 0 Å².